The van der Waals surface area contributed by atoms with Crippen LogP contribution in [0, 0.1) is 0 Å². The Labute approximate surface area is 54.5 Å². The van der Waals surface area contributed by atoms with Crippen LogP contribution >= 0.6 is 0 Å². The van der Waals surface area contributed by atoms with Crippen LogP contribution in [0.2, 0.25) is 0 Å². The van der Waals surface area contributed by atoms with Crippen LogP contribution in [-0.4, -0.2) is 23.6 Å². The number of rotatable bonds is 0. The second-order valence-corrected chi connectivity index (χ2v) is 2.92. The summed E-state index contributed by atoms with van der Waals surface area (Å²) in [6, 6.07) is 0. The van der Waals surface area contributed by atoms with Gasteiger partial charge in [-0.15, -0.1) is 0 Å². The molecule has 9 heavy (non-hydrogen) atoms. The molecule has 0 N–H and O–H groups in total. The normalized spacial score (nSPS) is 25.2. The van der Waals surface area contributed by atoms with E-state index in [2.05, 4.69) is 0 Å². The smallest absolute Gasteiger partial charge is 0.248 e. The van der Waals surface area contributed by atoms with Crippen molar-refractivity contribution >= 4 is 5.91 Å². The van der Waals surface area contributed by atoms with E-state index in [1.54, 1.807) is 7.05 Å². The van der Waals surface area contributed by atoms with E-state index in [1.165, 1.54) is 5.06 Å². The molecule has 1 saturated heterocycles. The van der Waals surface area contributed by atoms with E-state index in [0.717, 1.165) is 0 Å². The minimum atomic E-state index is -0.286. The first kappa shape index (κ1) is 6.55. The lowest BCUT2D eigenvalue weighted by molar-refractivity contribution is -0.179. The molecule has 0 unspecified atom stereocenters. The average Bonchev–Trinajstić information content (AvgIpc) is 1.79. The summed E-state index contributed by atoms with van der Waals surface area (Å²) in [6.45, 7) is 3.79. The van der Waals surface area contributed by atoms with Crippen LogP contribution in [0.3, 0.4) is 0 Å². The fourth-order valence-electron chi connectivity index (χ4n) is 0.929. The van der Waals surface area contributed by atoms with Crippen LogP contribution < -0.4 is 0 Å². The molecule has 1 amide bonds. The second-order valence-electron chi connectivity index (χ2n) is 2.92. The summed E-state index contributed by atoms with van der Waals surface area (Å²) in [4.78, 5) is 15.9. The lowest BCUT2D eigenvalue weighted by Gasteiger charge is -2.15. The topological polar surface area (TPSA) is 29.5 Å². The van der Waals surface area contributed by atoms with Gasteiger partial charge >= 0.3 is 0 Å². The summed E-state index contributed by atoms with van der Waals surface area (Å²) in [7, 11) is 1.64. The van der Waals surface area contributed by atoms with Crippen LogP contribution in [-0.2, 0) is 9.63 Å². The van der Waals surface area contributed by atoms with E-state index < -0.39 is 0 Å². The van der Waals surface area contributed by atoms with E-state index in [-0.39, 0.29) is 11.5 Å². The Morgan fingerprint density at radius 1 is 1.67 bits per heavy atom. The van der Waals surface area contributed by atoms with Gasteiger partial charge in [-0.05, 0) is 13.8 Å². The summed E-state index contributed by atoms with van der Waals surface area (Å²) >= 11 is 0. The number of nitrogens with zero attached hydrogens (tertiary/aromatic N) is 1. The highest BCUT2D eigenvalue weighted by Gasteiger charge is 2.34. The zero-order valence-corrected chi connectivity index (χ0v) is 5.97. The molecule has 3 heteroatoms. The maximum atomic E-state index is 10.8. The Balaban J connectivity index is 2.65. The molecule has 0 atom stereocenters. The third-order valence-electron chi connectivity index (χ3n) is 1.31. The van der Waals surface area contributed by atoms with Crippen LogP contribution in [0.4, 0.5) is 0 Å². The molecule has 1 rings (SSSR count). The van der Waals surface area contributed by atoms with Gasteiger partial charge in [0, 0.05) is 7.05 Å². The minimum absolute atomic E-state index is 0.0556. The second kappa shape index (κ2) is 1.70. The molecular weight excluding hydrogens is 118 g/mol. The van der Waals surface area contributed by atoms with Gasteiger partial charge in [-0.3, -0.25) is 9.63 Å². The molecule has 0 spiro atoms. The van der Waals surface area contributed by atoms with E-state index in [0.29, 0.717) is 6.42 Å². The zero-order valence-electron chi connectivity index (χ0n) is 5.97. The Hall–Kier alpha value is -0.570. The van der Waals surface area contributed by atoms with Gasteiger partial charge in [0.15, 0.2) is 0 Å². The van der Waals surface area contributed by atoms with Crippen molar-refractivity contribution < 1.29 is 9.63 Å². The predicted molar refractivity (Wildman–Crippen MR) is 32.6 cm³/mol. The van der Waals surface area contributed by atoms with Crippen molar-refractivity contribution in [2.75, 3.05) is 7.05 Å². The van der Waals surface area contributed by atoms with Gasteiger partial charge in [0.05, 0.1) is 12.0 Å². The average molecular weight is 129 g/mol. The van der Waals surface area contributed by atoms with Crippen molar-refractivity contribution in [2.45, 2.75) is 25.9 Å². The van der Waals surface area contributed by atoms with Gasteiger partial charge in [0.25, 0.3) is 0 Å². The van der Waals surface area contributed by atoms with E-state index in [1.807, 2.05) is 13.8 Å². The van der Waals surface area contributed by atoms with E-state index in [4.69, 9.17) is 4.84 Å². The molecule has 52 valence electrons. The number of carbonyl (C=O) groups excluding carboxylic acids is 1. The third-order valence-corrected chi connectivity index (χ3v) is 1.31. The predicted octanol–water partition coefficient (Wildman–Crippen LogP) is 0.559. The first-order valence-corrected chi connectivity index (χ1v) is 2.97. The molecule has 0 radical (unpaired) electrons. The van der Waals surface area contributed by atoms with Gasteiger partial charge in [-0.1, -0.05) is 0 Å². The molecule has 0 bridgehead atoms. The number of carbonyl (C=O) groups is 1. The van der Waals surface area contributed by atoms with Crippen LogP contribution in [0.5, 0.6) is 0 Å². The minimum Gasteiger partial charge on any atom is -0.272 e. The van der Waals surface area contributed by atoms with Crippen molar-refractivity contribution in [3.63, 3.8) is 0 Å². The number of hydrogen-bond donors (Lipinski definition) is 0. The molecule has 0 saturated carbocycles. The standard InChI is InChI=1S/C6H11NO2/c1-6(2)4-5(8)7(3)9-6/h4H2,1-3H3. The molecule has 1 fully saturated rings. The number of hydrogen-bond acceptors (Lipinski definition) is 2. The van der Waals surface area contributed by atoms with Crippen LogP contribution in [0.1, 0.15) is 20.3 Å². The van der Waals surface area contributed by atoms with Crippen LogP contribution in [0.15, 0.2) is 0 Å². The quantitative estimate of drug-likeness (QED) is 0.478. The summed E-state index contributed by atoms with van der Waals surface area (Å²) in [5.74, 6) is 0.0556. The van der Waals surface area contributed by atoms with Crippen molar-refractivity contribution in [3.8, 4) is 0 Å². The molecule has 0 aromatic heterocycles. The van der Waals surface area contributed by atoms with Crippen molar-refractivity contribution in [1.82, 2.24) is 5.06 Å². The van der Waals surface area contributed by atoms with Gasteiger partial charge < -0.3 is 0 Å². The molecule has 1 aliphatic heterocycles. The van der Waals surface area contributed by atoms with Gasteiger partial charge in [-0.25, -0.2) is 5.06 Å². The van der Waals surface area contributed by atoms with Crippen molar-refractivity contribution in [1.29, 1.82) is 0 Å². The lowest BCUT2D eigenvalue weighted by Crippen LogP contribution is -2.21. The lowest BCUT2D eigenvalue weighted by atomic mass is 10.1. The summed E-state index contributed by atoms with van der Waals surface area (Å²) in [5.41, 5.74) is -0.286. The van der Waals surface area contributed by atoms with Gasteiger partial charge in [0.2, 0.25) is 5.91 Å². The van der Waals surface area contributed by atoms with Crippen molar-refractivity contribution in [3.05, 3.63) is 0 Å². The molecule has 1 heterocycles. The first-order valence-electron chi connectivity index (χ1n) is 2.97. The summed E-state index contributed by atoms with van der Waals surface area (Å²) < 4.78 is 0. The summed E-state index contributed by atoms with van der Waals surface area (Å²) in [5, 5.41) is 1.29. The van der Waals surface area contributed by atoms with E-state index >= 15 is 0 Å². The van der Waals surface area contributed by atoms with E-state index in [9.17, 15) is 4.79 Å². The largest absolute Gasteiger partial charge is 0.272 e. The highest BCUT2D eigenvalue weighted by atomic mass is 16.7. The maximum Gasteiger partial charge on any atom is 0.248 e. The molecule has 0 aromatic carbocycles. The molecule has 1 aliphatic rings. The number of amides is 1. The number of hydroxylamine groups is 2. The maximum absolute atomic E-state index is 10.8. The Bertz CT molecular complexity index is 142. The van der Waals surface area contributed by atoms with Gasteiger partial charge in [-0.2, -0.15) is 0 Å². The third kappa shape index (κ3) is 1.21. The Morgan fingerprint density at radius 2 is 2.22 bits per heavy atom. The Morgan fingerprint density at radius 3 is 2.33 bits per heavy atom. The zero-order chi connectivity index (χ0) is 7.07. The molecular formula is C6H11NO2. The highest BCUT2D eigenvalue weighted by molar-refractivity contribution is 5.77. The highest BCUT2D eigenvalue weighted by Crippen LogP contribution is 2.23. The van der Waals surface area contributed by atoms with Crippen LogP contribution in [0.25, 0.3) is 0 Å². The Kier molecular flexibility index (Phi) is 1.24. The fourth-order valence-corrected chi connectivity index (χ4v) is 0.929. The monoisotopic (exact) mass is 129 g/mol. The van der Waals surface area contributed by atoms with Crippen molar-refractivity contribution in [2.24, 2.45) is 0 Å². The fraction of sp³-hybridized carbons (Fsp3) is 0.833. The first-order chi connectivity index (χ1) is 4.01. The summed E-state index contributed by atoms with van der Waals surface area (Å²) in [6.07, 6.45) is 0.490. The molecule has 0 aromatic rings. The molecule has 3 nitrogen and oxygen atoms in total. The van der Waals surface area contributed by atoms with Gasteiger partial charge in [0.1, 0.15) is 0 Å². The SMILES string of the molecule is CN1OC(C)(C)CC1=O. The molecule has 0 aliphatic carbocycles.